The first-order chi connectivity index (χ1) is 37.6. The molecule has 0 radical (unpaired) electrons. The van der Waals surface area contributed by atoms with Gasteiger partial charge in [-0.2, -0.15) is 0 Å². The maximum absolute atomic E-state index is 12.4. The number of non-ortho nitro benzene ring substituents is 1. The van der Waals surface area contributed by atoms with Crippen LogP contribution >= 0.6 is 0 Å². The fourth-order valence-electron chi connectivity index (χ4n) is 12.2. The molecule has 3 aromatic heterocycles. The smallest absolute Gasteiger partial charge is 0.270 e. The van der Waals surface area contributed by atoms with Crippen molar-refractivity contribution in [1.29, 1.82) is 0 Å². The van der Waals surface area contributed by atoms with Crippen molar-refractivity contribution < 1.29 is 19.3 Å². The van der Waals surface area contributed by atoms with Gasteiger partial charge < -0.3 is 28.4 Å². The Morgan fingerprint density at radius 1 is 0.513 bits per heavy atom. The molecule has 12 heteroatoms. The van der Waals surface area contributed by atoms with E-state index in [-0.39, 0.29) is 22.2 Å². The van der Waals surface area contributed by atoms with Gasteiger partial charge in [0.05, 0.1) is 4.92 Å². The van der Waals surface area contributed by atoms with Gasteiger partial charge in [-0.25, -0.2) is 0 Å². The summed E-state index contributed by atoms with van der Waals surface area (Å²) in [5.41, 5.74) is 16.0. The lowest BCUT2D eigenvalue weighted by Gasteiger charge is -2.19. The molecule has 12 nitrogen and oxygen atoms in total. The van der Waals surface area contributed by atoms with Crippen LogP contribution in [-0.2, 0) is 32.5 Å². The Morgan fingerprint density at radius 2 is 0.897 bits per heavy atom. The average Bonchev–Trinajstić information content (AvgIpc) is 4.45. The van der Waals surface area contributed by atoms with E-state index in [9.17, 15) is 24.5 Å². The summed E-state index contributed by atoms with van der Waals surface area (Å²) >= 11 is 0. The van der Waals surface area contributed by atoms with Crippen LogP contribution in [0.1, 0.15) is 122 Å². The SMILES string of the molecule is C=C1CCc2c1ccc1c2c2c3c(ccc2n1CCN(CC)CC)C(=O)CC3.CCN(CC)CCn1c2ccc(C(C)=O)cc2c2cc(C(C)=O)ccc21.CCN(CC)CCn1c2ccc(C)cc2c2cc([N+](=O)[O-])ccc21. The summed E-state index contributed by atoms with van der Waals surface area (Å²) in [6.07, 6.45) is 3.65. The molecule has 2 aliphatic carbocycles. The molecule has 0 unspecified atom stereocenters. The lowest BCUT2D eigenvalue weighted by molar-refractivity contribution is -0.384. The average molecular weight is 1050 g/mol. The number of fused-ring (bicyclic) bond motifs is 13. The van der Waals surface area contributed by atoms with Gasteiger partial charge in [0.25, 0.3) is 5.69 Å². The van der Waals surface area contributed by atoms with Crippen molar-refractivity contribution >= 4 is 94.0 Å². The van der Waals surface area contributed by atoms with E-state index < -0.39 is 0 Å². The summed E-state index contributed by atoms with van der Waals surface area (Å²) in [6, 6.07) is 32.1. The summed E-state index contributed by atoms with van der Waals surface area (Å²) in [4.78, 5) is 54.1. The van der Waals surface area contributed by atoms with Gasteiger partial charge in [0.2, 0.25) is 0 Å². The summed E-state index contributed by atoms with van der Waals surface area (Å²) in [6.45, 7) is 34.6. The van der Waals surface area contributed by atoms with Gasteiger partial charge in [0.15, 0.2) is 17.3 Å². The van der Waals surface area contributed by atoms with Crippen LogP contribution in [0.2, 0.25) is 0 Å². The Hall–Kier alpha value is -7.25. The number of nitro groups is 1. The van der Waals surface area contributed by atoms with Crippen LogP contribution in [-0.4, -0.2) is 110 Å². The first kappa shape index (κ1) is 55.5. The Bertz CT molecular complexity index is 3630. The highest BCUT2D eigenvalue weighted by molar-refractivity contribution is 6.17. The van der Waals surface area contributed by atoms with E-state index in [1.54, 1.807) is 26.0 Å². The number of allylic oxidation sites excluding steroid dienone is 1. The predicted octanol–water partition coefficient (Wildman–Crippen LogP) is 14.1. The van der Waals surface area contributed by atoms with Gasteiger partial charge in [-0.3, -0.25) is 24.5 Å². The number of hydrogen-bond donors (Lipinski definition) is 0. The number of carbonyl (C=O) groups is 3. The first-order valence-corrected chi connectivity index (χ1v) is 28.4. The number of nitrogens with zero attached hydrogens (tertiary/aromatic N) is 7. The molecule has 0 spiro atoms. The molecule has 0 saturated heterocycles. The fraction of sp³-hybridized carbons (Fsp3) is 0.379. The molecule has 0 atom stereocenters. The van der Waals surface area contributed by atoms with E-state index in [1.165, 1.54) is 44.1 Å². The number of Topliss-reactive ketones (excluding diaryl/α,β-unsaturated/α-hetero) is 3. The highest BCUT2D eigenvalue weighted by Crippen LogP contribution is 2.44. The predicted molar refractivity (Wildman–Crippen MR) is 323 cm³/mol. The molecule has 78 heavy (non-hydrogen) atoms. The van der Waals surface area contributed by atoms with Gasteiger partial charge >= 0.3 is 0 Å². The number of benzene rings is 6. The first-order valence-electron chi connectivity index (χ1n) is 28.4. The van der Waals surface area contributed by atoms with Crippen molar-refractivity contribution in [3.05, 3.63) is 153 Å². The lowest BCUT2D eigenvalue weighted by atomic mass is 9.97. The van der Waals surface area contributed by atoms with Gasteiger partial charge in [-0.1, -0.05) is 65.8 Å². The minimum absolute atomic E-state index is 0.0543. The summed E-state index contributed by atoms with van der Waals surface area (Å²) < 4.78 is 7.08. The number of likely N-dealkylation sites (N-methyl/N-ethyl adjacent to an activating group) is 3. The molecular weight excluding hydrogens is 971 g/mol. The molecular formula is C66H77N7O5. The zero-order valence-electron chi connectivity index (χ0n) is 47.4. The third-order valence-corrected chi connectivity index (χ3v) is 16.9. The normalized spacial score (nSPS) is 13.2. The molecule has 0 amide bonds. The van der Waals surface area contributed by atoms with E-state index >= 15 is 0 Å². The summed E-state index contributed by atoms with van der Waals surface area (Å²) in [7, 11) is 0. The van der Waals surface area contributed by atoms with Crippen molar-refractivity contribution in [1.82, 2.24) is 28.4 Å². The van der Waals surface area contributed by atoms with Crippen molar-refractivity contribution in [3.8, 4) is 0 Å². The fourth-order valence-corrected chi connectivity index (χ4v) is 12.2. The zero-order chi connectivity index (χ0) is 55.5. The van der Waals surface area contributed by atoms with Crippen LogP contribution in [0.5, 0.6) is 0 Å². The van der Waals surface area contributed by atoms with Crippen LogP contribution in [0, 0.1) is 17.0 Å². The summed E-state index contributed by atoms with van der Waals surface area (Å²) in [5.74, 6) is 0.412. The van der Waals surface area contributed by atoms with Crippen LogP contribution in [0.15, 0.2) is 104 Å². The monoisotopic (exact) mass is 1050 g/mol. The van der Waals surface area contributed by atoms with Crippen molar-refractivity contribution in [2.24, 2.45) is 0 Å². The second-order valence-electron chi connectivity index (χ2n) is 21.1. The molecule has 406 valence electrons. The molecule has 9 aromatic rings. The Labute approximate surface area is 459 Å². The van der Waals surface area contributed by atoms with E-state index in [0.717, 1.165) is 153 Å². The van der Waals surface area contributed by atoms with Crippen LogP contribution in [0.4, 0.5) is 5.69 Å². The summed E-state index contributed by atoms with van der Waals surface area (Å²) in [5, 5.41) is 18.0. The van der Waals surface area contributed by atoms with E-state index in [0.29, 0.717) is 23.3 Å². The topological polar surface area (TPSA) is 119 Å². The second-order valence-corrected chi connectivity index (χ2v) is 21.1. The van der Waals surface area contributed by atoms with Crippen LogP contribution in [0.3, 0.4) is 0 Å². The molecule has 0 N–H and O–H groups in total. The molecule has 3 heterocycles. The molecule has 11 rings (SSSR count). The maximum Gasteiger partial charge on any atom is 0.270 e. The molecule has 0 bridgehead atoms. The third kappa shape index (κ3) is 10.7. The molecule has 6 aromatic carbocycles. The maximum atomic E-state index is 12.4. The van der Waals surface area contributed by atoms with E-state index in [1.807, 2.05) is 42.5 Å². The van der Waals surface area contributed by atoms with Gasteiger partial charge in [-0.05, 0) is 174 Å². The van der Waals surface area contributed by atoms with Crippen molar-refractivity contribution in [2.45, 2.75) is 108 Å². The molecule has 0 fully saturated rings. The highest BCUT2D eigenvalue weighted by atomic mass is 16.6. The second kappa shape index (κ2) is 23.8. The van der Waals surface area contributed by atoms with Crippen molar-refractivity contribution in [2.75, 3.05) is 58.9 Å². The largest absolute Gasteiger partial charge is 0.339 e. The van der Waals surface area contributed by atoms with Gasteiger partial charge in [0.1, 0.15) is 0 Å². The number of ketones is 3. The number of aromatic nitrogens is 3. The van der Waals surface area contributed by atoms with Crippen molar-refractivity contribution in [3.63, 3.8) is 0 Å². The van der Waals surface area contributed by atoms with Crippen LogP contribution < -0.4 is 0 Å². The molecule has 2 aliphatic rings. The minimum atomic E-state index is -0.325. The molecule has 0 saturated carbocycles. The number of aryl methyl sites for hydroxylation is 3. The number of nitro benzene ring substituents is 1. The minimum Gasteiger partial charge on any atom is -0.339 e. The number of rotatable bonds is 18. The quantitative estimate of drug-likeness (QED) is 0.0474. The lowest BCUT2D eigenvalue weighted by Crippen LogP contribution is -2.26. The highest BCUT2D eigenvalue weighted by Gasteiger charge is 2.28. The Balaban J connectivity index is 0.000000143. The Kier molecular flexibility index (Phi) is 16.9. The molecule has 0 aliphatic heterocycles. The number of hydrogen-bond acceptors (Lipinski definition) is 8. The Morgan fingerprint density at radius 3 is 1.36 bits per heavy atom. The van der Waals surface area contributed by atoms with E-state index in [2.05, 4.69) is 126 Å². The zero-order valence-corrected chi connectivity index (χ0v) is 47.4. The van der Waals surface area contributed by atoms with Crippen LogP contribution in [0.25, 0.3) is 71.0 Å². The third-order valence-electron chi connectivity index (χ3n) is 16.9. The number of carbonyl (C=O) groups excluding carboxylic acids is 3. The standard InChI is InChI=1S/C25H28N2O.C22H26N2O2.C19H23N3O2/c1-4-26(5-2)14-15-27-21-11-8-17-16(3)6-7-19(17)24(21)25-20-10-13-23(28)18(20)9-12-22(25)27;1-5-23(6-2)11-12-24-21-9-7-17(15(3)25)13-19(21)20-14-18(16(4)26)8-10-22(20)24;1-4-20(5-2)10-11-21-18-8-6-14(3)12-16(18)17-13-15(22(23)24)7-9-19(17)21/h8-9,11-12H,3-7,10,13-15H2,1-2H3;7-10,13-14H,5-6,11-12H2,1-4H3;6-9,12-13H,4-5,10-11H2,1-3H3. The van der Waals surface area contributed by atoms with Gasteiger partial charge in [-0.15, -0.1) is 0 Å². The van der Waals surface area contributed by atoms with E-state index in [4.69, 9.17) is 0 Å². The van der Waals surface area contributed by atoms with Gasteiger partial charge in [0, 0.05) is 140 Å².